The van der Waals surface area contributed by atoms with Crippen molar-refractivity contribution in [2.24, 2.45) is 0 Å². The number of rotatable bonds is 2. The van der Waals surface area contributed by atoms with E-state index in [-0.39, 0.29) is 5.95 Å². The zero-order valence-electron chi connectivity index (χ0n) is 8.85. The van der Waals surface area contributed by atoms with E-state index in [4.69, 9.17) is 5.73 Å². The number of nitrogens with two attached hydrogens (primary N) is 1. The van der Waals surface area contributed by atoms with Gasteiger partial charge in [0.1, 0.15) is 10.1 Å². The van der Waals surface area contributed by atoms with Crippen LogP contribution in [0.1, 0.15) is 5.56 Å². The molecule has 0 bridgehead atoms. The molecule has 0 fully saturated rings. The van der Waals surface area contributed by atoms with Crippen LogP contribution in [-0.4, -0.2) is 15.0 Å². The van der Waals surface area contributed by atoms with E-state index < -0.39 is 11.7 Å². The van der Waals surface area contributed by atoms with Crippen molar-refractivity contribution in [1.82, 2.24) is 15.0 Å². The molecule has 0 aromatic carbocycles. The van der Waals surface area contributed by atoms with Crippen molar-refractivity contribution in [1.29, 1.82) is 0 Å². The van der Waals surface area contributed by atoms with E-state index in [0.717, 1.165) is 24.0 Å². The fraction of sp³-hybridized carbons (Fsp3) is 0.100. The Morgan fingerprint density at radius 2 is 1.83 bits per heavy atom. The largest absolute Gasteiger partial charge is 0.417 e. The van der Waals surface area contributed by atoms with Crippen LogP contribution in [0.3, 0.4) is 0 Å². The van der Waals surface area contributed by atoms with Gasteiger partial charge in [-0.15, -0.1) is 0 Å². The second-order valence-electron chi connectivity index (χ2n) is 3.24. The second-order valence-corrected chi connectivity index (χ2v) is 4.28. The number of hydrogen-bond acceptors (Lipinski definition) is 5. The van der Waals surface area contributed by atoms with Crippen LogP contribution in [0, 0.1) is 0 Å². The Morgan fingerprint density at radius 1 is 1.06 bits per heavy atom. The van der Waals surface area contributed by atoms with E-state index in [2.05, 4.69) is 15.0 Å². The third kappa shape index (κ3) is 3.10. The van der Waals surface area contributed by atoms with Crippen molar-refractivity contribution in [3.05, 3.63) is 36.2 Å². The maximum Gasteiger partial charge on any atom is 0.417 e. The summed E-state index contributed by atoms with van der Waals surface area (Å²) in [6.45, 7) is 0. The molecule has 0 saturated heterocycles. The highest BCUT2D eigenvalue weighted by molar-refractivity contribution is 7.99. The van der Waals surface area contributed by atoms with Crippen LogP contribution in [0.2, 0.25) is 0 Å². The van der Waals surface area contributed by atoms with Crippen molar-refractivity contribution in [2.45, 2.75) is 16.2 Å². The van der Waals surface area contributed by atoms with E-state index in [0.29, 0.717) is 10.1 Å². The number of nitrogens with zero attached hydrogens (tertiary/aromatic N) is 3. The summed E-state index contributed by atoms with van der Waals surface area (Å²) in [7, 11) is 0. The molecule has 0 amide bonds. The summed E-state index contributed by atoms with van der Waals surface area (Å²) in [5.41, 5.74) is 4.61. The first-order valence-electron chi connectivity index (χ1n) is 4.75. The van der Waals surface area contributed by atoms with Gasteiger partial charge in [-0.1, -0.05) is 0 Å². The molecule has 2 aromatic rings. The molecule has 0 aliphatic heterocycles. The molecular formula is C10H7F3N4S. The first kappa shape index (κ1) is 12.6. The molecule has 8 heteroatoms. The first-order valence-corrected chi connectivity index (χ1v) is 5.56. The molecule has 0 unspecified atom stereocenters. The summed E-state index contributed by atoms with van der Waals surface area (Å²) in [6, 6.07) is 3.85. The predicted octanol–water partition coefficient (Wildman–Crippen LogP) is 2.62. The fourth-order valence-electron chi connectivity index (χ4n) is 1.13. The quantitative estimate of drug-likeness (QED) is 0.851. The lowest BCUT2D eigenvalue weighted by molar-refractivity contribution is -0.137. The summed E-state index contributed by atoms with van der Waals surface area (Å²) in [5.74, 6) is 0.104. The molecule has 2 heterocycles. The second kappa shape index (κ2) is 4.81. The zero-order chi connectivity index (χ0) is 13.2. The third-order valence-corrected chi connectivity index (χ3v) is 2.81. The van der Waals surface area contributed by atoms with Crippen LogP contribution in [0.25, 0.3) is 0 Å². The summed E-state index contributed by atoms with van der Waals surface area (Å²) < 4.78 is 36.9. The molecule has 0 spiro atoms. The smallest absolute Gasteiger partial charge is 0.368 e. The van der Waals surface area contributed by atoms with Gasteiger partial charge >= 0.3 is 6.18 Å². The molecule has 2 rings (SSSR count). The van der Waals surface area contributed by atoms with Gasteiger partial charge in [-0.25, -0.2) is 15.0 Å². The standard InChI is InChI=1S/C10H7F3N4S/c11-10(12,13)6-1-2-7(16-5-6)18-8-3-4-15-9(14)17-8/h1-5H,(H2,14,15,17). The maximum atomic E-state index is 12.3. The molecule has 94 valence electrons. The zero-order valence-corrected chi connectivity index (χ0v) is 9.66. The van der Waals surface area contributed by atoms with Crippen molar-refractivity contribution >= 4 is 17.7 Å². The number of hydrogen-bond donors (Lipinski definition) is 1. The summed E-state index contributed by atoms with van der Waals surface area (Å²) >= 11 is 1.11. The number of aromatic nitrogens is 3. The van der Waals surface area contributed by atoms with Crippen LogP contribution < -0.4 is 5.73 Å². The third-order valence-electron chi connectivity index (χ3n) is 1.92. The van der Waals surface area contributed by atoms with Crippen LogP contribution in [0.4, 0.5) is 19.1 Å². The average molecular weight is 272 g/mol. The number of anilines is 1. The lowest BCUT2D eigenvalue weighted by Gasteiger charge is -2.06. The van der Waals surface area contributed by atoms with Crippen molar-refractivity contribution in [2.75, 3.05) is 5.73 Å². The van der Waals surface area contributed by atoms with Crippen LogP contribution in [0.5, 0.6) is 0 Å². The highest BCUT2D eigenvalue weighted by atomic mass is 32.2. The Balaban J connectivity index is 2.16. The van der Waals surface area contributed by atoms with Crippen LogP contribution in [-0.2, 0) is 6.18 Å². The Morgan fingerprint density at radius 3 is 2.39 bits per heavy atom. The van der Waals surface area contributed by atoms with Crippen molar-refractivity contribution in [3.8, 4) is 0 Å². The minimum Gasteiger partial charge on any atom is -0.368 e. The molecular weight excluding hydrogens is 265 g/mol. The normalized spacial score (nSPS) is 11.5. The molecule has 0 aliphatic rings. The molecule has 4 nitrogen and oxygen atoms in total. The summed E-state index contributed by atoms with van der Waals surface area (Å²) in [4.78, 5) is 11.3. The Labute approximate surface area is 104 Å². The lowest BCUT2D eigenvalue weighted by Crippen LogP contribution is -2.05. The van der Waals surface area contributed by atoms with E-state index in [1.807, 2.05) is 0 Å². The molecule has 0 atom stereocenters. The fourth-order valence-corrected chi connectivity index (χ4v) is 1.85. The molecule has 0 aliphatic carbocycles. The van der Waals surface area contributed by atoms with Gasteiger partial charge in [0.25, 0.3) is 0 Å². The predicted molar refractivity (Wildman–Crippen MR) is 59.8 cm³/mol. The number of halogens is 3. The molecule has 2 N–H and O–H groups in total. The maximum absolute atomic E-state index is 12.3. The van der Waals surface area contributed by atoms with E-state index in [1.165, 1.54) is 12.3 Å². The molecule has 0 radical (unpaired) electrons. The monoisotopic (exact) mass is 272 g/mol. The average Bonchev–Trinajstić information content (AvgIpc) is 2.28. The van der Waals surface area contributed by atoms with Gasteiger partial charge in [-0.3, -0.25) is 0 Å². The molecule has 18 heavy (non-hydrogen) atoms. The number of alkyl halides is 3. The Kier molecular flexibility index (Phi) is 3.37. The van der Waals surface area contributed by atoms with Gasteiger partial charge in [0, 0.05) is 12.4 Å². The Hall–Kier alpha value is -1.83. The van der Waals surface area contributed by atoms with Crippen LogP contribution >= 0.6 is 11.8 Å². The van der Waals surface area contributed by atoms with Gasteiger partial charge in [-0.05, 0) is 30.0 Å². The van der Waals surface area contributed by atoms with Gasteiger partial charge in [0.15, 0.2) is 0 Å². The highest BCUT2D eigenvalue weighted by Crippen LogP contribution is 2.30. The lowest BCUT2D eigenvalue weighted by atomic mass is 10.3. The van der Waals surface area contributed by atoms with Gasteiger partial charge in [-0.2, -0.15) is 13.2 Å². The van der Waals surface area contributed by atoms with E-state index in [9.17, 15) is 13.2 Å². The van der Waals surface area contributed by atoms with E-state index >= 15 is 0 Å². The van der Waals surface area contributed by atoms with Crippen molar-refractivity contribution in [3.63, 3.8) is 0 Å². The van der Waals surface area contributed by atoms with Crippen LogP contribution in [0.15, 0.2) is 40.6 Å². The molecule has 0 saturated carbocycles. The Bertz CT molecular complexity index is 542. The summed E-state index contributed by atoms with van der Waals surface area (Å²) in [5, 5.41) is 0.927. The SMILES string of the molecule is Nc1nccc(Sc2ccc(C(F)(F)F)cn2)n1. The van der Waals surface area contributed by atoms with Gasteiger partial charge in [0.2, 0.25) is 5.95 Å². The summed E-state index contributed by atoms with van der Waals surface area (Å²) in [6.07, 6.45) is -2.13. The van der Waals surface area contributed by atoms with Gasteiger partial charge in [0.05, 0.1) is 5.56 Å². The first-order chi connectivity index (χ1) is 8.45. The number of pyridine rings is 1. The van der Waals surface area contributed by atoms with Crippen molar-refractivity contribution < 1.29 is 13.2 Å². The minimum absolute atomic E-state index is 0.104. The van der Waals surface area contributed by atoms with Gasteiger partial charge < -0.3 is 5.73 Å². The highest BCUT2D eigenvalue weighted by Gasteiger charge is 2.30. The molecule has 2 aromatic heterocycles. The minimum atomic E-state index is -4.38. The number of nitrogen functional groups attached to an aromatic ring is 1. The van der Waals surface area contributed by atoms with E-state index in [1.54, 1.807) is 6.07 Å². The topological polar surface area (TPSA) is 64.7 Å².